The third-order valence-corrected chi connectivity index (χ3v) is 5.26. The lowest BCUT2D eigenvalue weighted by Gasteiger charge is -2.33. The van der Waals surface area contributed by atoms with Crippen LogP contribution in [0, 0.1) is 5.41 Å². The topological polar surface area (TPSA) is 38.0 Å². The molecule has 0 aromatic rings. The average molecular weight is 264 g/mol. The Morgan fingerprint density at radius 1 is 1.16 bits per heavy atom. The molecule has 1 fully saturated rings. The quantitative estimate of drug-likeness (QED) is 0.586. The lowest BCUT2D eigenvalue weighted by atomic mass is 9.83. The Morgan fingerprint density at radius 2 is 2.00 bits per heavy atom. The van der Waals surface area contributed by atoms with Crippen molar-refractivity contribution in [1.29, 1.82) is 0 Å². The van der Waals surface area contributed by atoms with Crippen LogP contribution in [0.2, 0.25) is 0 Å². The molecule has 2 heteroatoms. The van der Waals surface area contributed by atoms with E-state index in [4.69, 9.17) is 5.73 Å². The van der Waals surface area contributed by atoms with Gasteiger partial charge in [-0.25, -0.2) is 0 Å². The van der Waals surface area contributed by atoms with Crippen molar-refractivity contribution in [2.45, 2.75) is 77.2 Å². The van der Waals surface area contributed by atoms with Crippen LogP contribution < -0.4 is 11.1 Å². The molecule has 110 valence electrons. The molecular formula is C17H32N2. The van der Waals surface area contributed by atoms with Crippen LogP contribution in [-0.2, 0) is 0 Å². The fourth-order valence-electron chi connectivity index (χ4n) is 3.64. The summed E-state index contributed by atoms with van der Waals surface area (Å²) >= 11 is 0. The van der Waals surface area contributed by atoms with Gasteiger partial charge in [-0.2, -0.15) is 0 Å². The smallest absolute Gasteiger partial charge is 0.0304 e. The molecule has 2 aliphatic rings. The van der Waals surface area contributed by atoms with Gasteiger partial charge in [0.2, 0.25) is 0 Å². The van der Waals surface area contributed by atoms with Crippen LogP contribution in [0.4, 0.5) is 0 Å². The van der Waals surface area contributed by atoms with Gasteiger partial charge in [-0.05, 0) is 63.3 Å². The minimum atomic E-state index is 0.215. The van der Waals surface area contributed by atoms with Crippen LogP contribution in [0.3, 0.4) is 0 Å². The SMILES string of the molecule is CC1(C)CCCC(CN)(NCCC2=CCCC2)CC1. The van der Waals surface area contributed by atoms with E-state index in [1.165, 1.54) is 57.8 Å². The summed E-state index contributed by atoms with van der Waals surface area (Å²) in [5.41, 5.74) is 8.50. The first kappa shape index (κ1) is 15.1. The highest BCUT2D eigenvalue weighted by atomic mass is 15.0. The predicted octanol–water partition coefficient (Wildman–Crippen LogP) is 3.76. The normalized spacial score (nSPS) is 31.0. The molecular weight excluding hydrogens is 232 g/mol. The summed E-state index contributed by atoms with van der Waals surface area (Å²) in [5, 5.41) is 3.82. The predicted molar refractivity (Wildman–Crippen MR) is 83.2 cm³/mol. The Balaban J connectivity index is 1.83. The third kappa shape index (κ3) is 4.32. The molecule has 3 N–H and O–H groups in total. The molecule has 0 saturated heterocycles. The summed E-state index contributed by atoms with van der Waals surface area (Å²) < 4.78 is 0. The summed E-state index contributed by atoms with van der Waals surface area (Å²) in [6.07, 6.45) is 14.1. The first-order valence-corrected chi connectivity index (χ1v) is 8.18. The number of allylic oxidation sites excluding steroid dienone is 1. The molecule has 0 amide bonds. The van der Waals surface area contributed by atoms with Crippen molar-refractivity contribution in [3.8, 4) is 0 Å². The molecule has 0 aromatic heterocycles. The number of nitrogens with one attached hydrogen (secondary N) is 1. The second-order valence-corrected chi connectivity index (χ2v) is 7.43. The van der Waals surface area contributed by atoms with Crippen molar-refractivity contribution in [3.63, 3.8) is 0 Å². The second-order valence-electron chi connectivity index (χ2n) is 7.43. The number of rotatable bonds is 5. The zero-order chi connectivity index (χ0) is 13.8. The van der Waals surface area contributed by atoms with Crippen molar-refractivity contribution in [2.24, 2.45) is 11.1 Å². The highest BCUT2D eigenvalue weighted by Gasteiger charge is 2.34. The van der Waals surface area contributed by atoms with Crippen LogP contribution in [0.1, 0.15) is 71.6 Å². The summed E-state index contributed by atoms with van der Waals surface area (Å²) in [5.74, 6) is 0. The fraction of sp³-hybridized carbons (Fsp3) is 0.882. The van der Waals surface area contributed by atoms with Crippen LogP contribution in [0.15, 0.2) is 11.6 Å². The van der Waals surface area contributed by atoms with Crippen molar-refractivity contribution in [3.05, 3.63) is 11.6 Å². The Hall–Kier alpha value is -0.340. The molecule has 1 unspecified atom stereocenters. The molecule has 2 rings (SSSR count). The summed E-state index contributed by atoms with van der Waals surface area (Å²) in [6.45, 7) is 6.72. The van der Waals surface area contributed by atoms with E-state index in [2.05, 4.69) is 25.2 Å². The molecule has 0 aromatic carbocycles. The van der Waals surface area contributed by atoms with Crippen molar-refractivity contribution in [2.75, 3.05) is 13.1 Å². The van der Waals surface area contributed by atoms with E-state index in [0.717, 1.165) is 13.1 Å². The van der Waals surface area contributed by atoms with E-state index < -0.39 is 0 Å². The molecule has 19 heavy (non-hydrogen) atoms. The fourth-order valence-corrected chi connectivity index (χ4v) is 3.64. The van der Waals surface area contributed by atoms with Gasteiger partial charge in [0.05, 0.1) is 0 Å². The van der Waals surface area contributed by atoms with Gasteiger partial charge in [-0.15, -0.1) is 0 Å². The van der Waals surface area contributed by atoms with Crippen LogP contribution in [0.5, 0.6) is 0 Å². The maximum atomic E-state index is 6.11. The van der Waals surface area contributed by atoms with Gasteiger partial charge in [0.15, 0.2) is 0 Å². The van der Waals surface area contributed by atoms with E-state index in [-0.39, 0.29) is 5.54 Å². The van der Waals surface area contributed by atoms with Gasteiger partial charge in [-0.3, -0.25) is 0 Å². The van der Waals surface area contributed by atoms with E-state index in [0.29, 0.717) is 5.41 Å². The Labute approximate surface area is 119 Å². The molecule has 0 radical (unpaired) electrons. The van der Waals surface area contributed by atoms with Crippen molar-refractivity contribution in [1.82, 2.24) is 5.32 Å². The summed E-state index contributed by atoms with van der Waals surface area (Å²) in [4.78, 5) is 0. The van der Waals surface area contributed by atoms with E-state index >= 15 is 0 Å². The molecule has 0 spiro atoms. The van der Waals surface area contributed by atoms with Crippen molar-refractivity contribution < 1.29 is 0 Å². The molecule has 2 aliphatic carbocycles. The van der Waals surface area contributed by atoms with E-state index in [9.17, 15) is 0 Å². The zero-order valence-corrected chi connectivity index (χ0v) is 12.9. The minimum Gasteiger partial charge on any atom is -0.329 e. The van der Waals surface area contributed by atoms with Gasteiger partial charge in [0, 0.05) is 12.1 Å². The number of hydrogen-bond donors (Lipinski definition) is 2. The van der Waals surface area contributed by atoms with Crippen LogP contribution in [0.25, 0.3) is 0 Å². The third-order valence-electron chi connectivity index (χ3n) is 5.26. The Kier molecular flexibility index (Phi) is 5.08. The maximum absolute atomic E-state index is 6.11. The first-order valence-electron chi connectivity index (χ1n) is 8.18. The summed E-state index contributed by atoms with van der Waals surface area (Å²) in [7, 11) is 0. The largest absolute Gasteiger partial charge is 0.329 e. The standard InChI is InChI=1S/C17H32N2/c1-16(2)9-5-10-17(14-18,12-11-16)19-13-8-15-6-3-4-7-15/h6,19H,3-5,7-14,18H2,1-2H3. The van der Waals surface area contributed by atoms with Gasteiger partial charge in [-0.1, -0.05) is 31.9 Å². The second kappa shape index (κ2) is 6.41. The monoisotopic (exact) mass is 264 g/mol. The highest BCUT2D eigenvalue weighted by molar-refractivity contribution is 5.08. The zero-order valence-electron chi connectivity index (χ0n) is 12.9. The number of nitrogens with two attached hydrogens (primary N) is 1. The Morgan fingerprint density at radius 3 is 2.68 bits per heavy atom. The Bertz CT molecular complexity index is 319. The maximum Gasteiger partial charge on any atom is 0.0304 e. The number of hydrogen-bond acceptors (Lipinski definition) is 2. The minimum absolute atomic E-state index is 0.215. The first-order chi connectivity index (χ1) is 9.05. The lowest BCUT2D eigenvalue weighted by molar-refractivity contribution is 0.268. The molecule has 1 saturated carbocycles. The van der Waals surface area contributed by atoms with Crippen molar-refractivity contribution >= 4 is 0 Å². The molecule has 0 heterocycles. The summed E-state index contributed by atoms with van der Waals surface area (Å²) in [6, 6.07) is 0. The van der Waals surface area contributed by atoms with Gasteiger partial charge >= 0.3 is 0 Å². The van der Waals surface area contributed by atoms with Gasteiger partial charge in [0.1, 0.15) is 0 Å². The van der Waals surface area contributed by atoms with Crippen LogP contribution >= 0.6 is 0 Å². The molecule has 0 bridgehead atoms. The molecule has 2 nitrogen and oxygen atoms in total. The van der Waals surface area contributed by atoms with Gasteiger partial charge < -0.3 is 11.1 Å². The van der Waals surface area contributed by atoms with E-state index in [1.54, 1.807) is 5.57 Å². The molecule has 1 atom stereocenters. The average Bonchev–Trinajstić information content (AvgIpc) is 2.83. The molecule has 0 aliphatic heterocycles. The van der Waals surface area contributed by atoms with Gasteiger partial charge in [0.25, 0.3) is 0 Å². The highest BCUT2D eigenvalue weighted by Crippen LogP contribution is 2.37. The lowest BCUT2D eigenvalue weighted by Crippen LogP contribution is -2.51. The van der Waals surface area contributed by atoms with Crippen LogP contribution in [-0.4, -0.2) is 18.6 Å². The van der Waals surface area contributed by atoms with E-state index in [1.807, 2.05) is 0 Å².